The van der Waals surface area contributed by atoms with E-state index in [4.69, 9.17) is 14.6 Å². The van der Waals surface area contributed by atoms with Crippen molar-refractivity contribution >= 4 is 10.9 Å². The zero-order chi connectivity index (χ0) is 11.5. The molecule has 0 bridgehead atoms. The summed E-state index contributed by atoms with van der Waals surface area (Å²) >= 11 is 0. The molecule has 4 heteroatoms. The highest BCUT2D eigenvalue weighted by Gasteiger charge is 2.08. The van der Waals surface area contributed by atoms with E-state index in [1.54, 1.807) is 14.2 Å². The van der Waals surface area contributed by atoms with Gasteiger partial charge in [0.05, 0.1) is 26.3 Å². The van der Waals surface area contributed by atoms with Crippen LogP contribution in [0.1, 0.15) is 0 Å². The quantitative estimate of drug-likeness (QED) is 0.853. The maximum Gasteiger partial charge on any atom is 0.131 e. The molecule has 0 aliphatic heterocycles. The fraction of sp³-hybridized carbons (Fsp3) is 0.333. The lowest BCUT2D eigenvalue weighted by molar-refractivity contribution is 0.278. The van der Waals surface area contributed by atoms with E-state index in [1.165, 1.54) is 0 Å². The third kappa shape index (κ3) is 1.72. The summed E-state index contributed by atoms with van der Waals surface area (Å²) in [5, 5.41) is 9.99. The van der Waals surface area contributed by atoms with Crippen LogP contribution < -0.4 is 9.47 Å². The minimum atomic E-state index is 0.114. The smallest absolute Gasteiger partial charge is 0.131 e. The van der Waals surface area contributed by atoms with Gasteiger partial charge in [-0.05, 0) is 6.07 Å². The van der Waals surface area contributed by atoms with E-state index in [0.29, 0.717) is 6.54 Å². The SMILES string of the molecule is COc1cc(OC)c2ccn(CCO)c2c1. The Morgan fingerprint density at radius 1 is 1.25 bits per heavy atom. The Hall–Kier alpha value is -1.68. The van der Waals surface area contributed by atoms with Gasteiger partial charge in [-0.15, -0.1) is 0 Å². The van der Waals surface area contributed by atoms with Crippen LogP contribution in [0, 0.1) is 0 Å². The summed E-state index contributed by atoms with van der Waals surface area (Å²) in [4.78, 5) is 0. The molecule has 0 aliphatic carbocycles. The van der Waals surface area contributed by atoms with Crippen molar-refractivity contribution in [2.24, 2.45) is 0 Å². The van der Waals surface area contributed by atoms with Crippen LogP contribution in [0.4, 0.5) is 0 Å². The van der Waals surface area contributed by atoms with E-state index in [2.05, 4.69) is 0 Å². The van der Waals surface area contributed by atoms with Gasteiger partial charge in [0.25, 0.3) is 0 Å². The third-order valence-electron chi connectivity index (χ3n) is 2.62. The molecular weight excluding hydrogens is 206 g/mol. The molecule has 2 aromatic rings. The Bertz CT molecular complexity index is 490. The first-order valence-electron chi connectivity index (χ1n) is 5.12. The average molecular weight is 221 g/mol. The Balaban J connectivity index is 2.62. The van der Waals surface area contributed by atoms with E-state index in [1.807, 2.05) is 29.0 Å². The molecule has 0 saturated heterocycles. The fourth-order valence-corrected chi connectivity index (χ4v) is 1.83. The lowest BCUT2D eigenvalue weighted by Crippen LogP contribution is -2.00. The summed E-state index contributed by atoms with van der Waals surface area (Å²) in [5.74, 6) is 1.54. The predicted molar refractivity (Wildman–Crippen MR) is 62.1 cm³/mol. The van der Waals surface area contributed by atoms with E-state index in [0.717, 1.165) is 22.4 Å². The first-order valence-corrected chi connectivity index (χ1v) is 5.12. The predicted octanol–water partition coefficient (Wildman–Crippen LogP) is 1.65. The summed E-state index contributed by atoms with van der Waals surface area (Å²) in [6, 6.07) is 5.77. The van der Waals surface area contributed by atoms with Crippen LogP contribution >= 0.6 is 0 Å². The number of hydrogen-bond donors (Lipinski definition) is 1. The van der Waals surface area contributed by atoms with E-state index >= 15 is 0 Å². The number of ether oxygens (including phenoxy) is 2. The second-order valence-electron chi connectivity index (χ2n) is 3.50. The van der Waals surface area contributed by atoms with E-state index < -0.39 is 0 Å². The van der Waals surface area contributed by atoms with Gasteiger partial charge >= 0.3 is 0 Å². The monoisotopic (exact) mass is 221 g/mol. The molecule has 1 heterocycles. The van der Waals surface area contributed by atoms with E-state index in [-0.39, 0.29) is 6.61 Å². The molecule has 86 valence electrons. The highest BCUT2D eigenvalue weighted by atomic mass is 16.5. The third-order valence-corrected chi connectivity index (χ3v) is 2.62. The minimum Gasteiger partial charge on any atom is -0.497 e. The topological polar surface area (TPSA) is 43.6 Å². The van der Waals surface area contributed by atoms with Crippen molar-refractivity contribution in [2.75, 3.05) is 20.8 Å². The number of fused-ring (bicyclic) bond motifs is 1. The number of aliphatic hydroxyl groups is 1. The van der Waals surface area contributed by atoms with Crippen molar-refractivity contribution in [1.82, 2.24) is 4.57 Å². The molecule has 0 unspecified atom stereocenters. The van der Waals surface area contributed by atoms with Gasteiger partial charge in [0.2, 0.25) is 0 Å². The molecule has 16 heavy (non-hydrogen) atoms. The summed E-state index contributed by atoms with van der Waals surface area (Å²) in [6.07, 6.45) is 1.93. The maximum absolute atomic E-state index is 8.97. The van der Waals surface area contributed by atoms with Crippen LogP contribution in [0.2, 0.25) is 0 Å². The van der Waals surface area contributed by atoms with Crippen molar-refractivity contribution in [3.8, 4) is 11.5 Å². The molecule has 1 aromatic heterocycles. The number of benzene rings is 1. The van der Waals surface area contributed by atoms with Gasteiger partial charge in [0.1, 0.15) is 11.5 Å². The molecule has 4 nitrogen and oxygen atoms in total. The largest absolute Gasteiger partial charge is 0.497 e. The zero-order valence-electron chi connectivity index (χ0n) is 9.43. The van der Waals surface area contributed by atoms with Crippen LogP contribution in [0.15, 0.2) is 24.4 Å². The van der Waals surface area contributed by atoms with Gasteiger partial charge in [0, 0.05) is 30.3 Å². The van der Waals surface area contributed by atoms with Crippen LogP contribution in [-0.4, -0.2) is 30.5 Å². The Morgan fingerprint density at radius 3 is 2.69 bits per heavy atom. The standard InChI is InChI=1S/C12H15NO3/c1-15-9-7-11-10(12(8-9)16-2)3-4-13(11)5-6-14/h3-4,7-8,14H,5-6H2,1-2H3. The van der Waals surface area contributed by atoms with Crippen LogP contribution in [0.5, 0.6) is 11.5 Å². The molecule has 1 N–H and O–H groups in total. The first-order chi connectivity index (χ1) is 7.80. The number of rotatable bonds is 4. The van der Waals surface area contributed by atoms with Gasteiger partial charge in [0.15, 0.2) is 0 Å². The van der Waals surface area contributed by atoms with Crippen molar-refractivity contribution in [1.29, 1.82) is 0 Å². The molecule has 0 radical (unpaired) electrons. The minimum absolute atomic E-state index is 0.114. The number of aliphatic hydroxyl groups excluding tert-OH is 1. The zero-order valence-corrected chi connectivity index (χ0v) is 9.43. The summed E-state index contributed by atoms with van der Waals surface area (Å²) in [5.41, 5.74) is 1.00. The van der Waals surface area contributed by atoms with E-state index in [9.17, 15) is 0 Å². The van der Waals surface area contributed by atoms with Gasteiger partial charge in [-0.1, -0.05) is 0 Å². The van der Waals surface area contributed by atoms with Crippen molar-refractivity contribution in [2.45, 2.75) is 6.54 Å². The molecule has 0 atom stereocenters. The maximum atomic E-state index is 8.97. The first kappa shape index (κ1) is 10.8. The lowest BCUT2D eigenvalue weighted by Gasteiger charge is -2.08. The van der Waals surface area contributed by atoms with Crippen molar-refractivity contribution in [3.63, 3.8) is 0 Å². The number of nitrogens with zero attached hydrogens (tertiary/aromatic N) is 1. The molecule has 0 aliphatic rings. The van der Waals surface area contributed by atoms with Crippen LogP contribution in [0.25, 0.3) is 10.9 Å². The molecule has 0 amide bonds. The van der Waals surface area contributed by atoms with Crippen LogP contribution in [0.3, 0.4) is 0 Å². The normalized spacial score (nSPS) is 10.7. The summed E-state index contributed by atoms with van der Waals surface area (Å²) in [6.45, 7) is 0.684. The Morgan fingerprint density at radius 2 is 2.06 bits per heavy atom. The fourth-order valence-electron chi connectivity index (χ4n) is 1.83. The highest BCUT2D eigenvalue weighted by Crippen LogP contribution is 2.31. The molecule has 0 fully saturated rings. The second kappa shape index (κ2) is 4.45. The second-order valence-corrected chi connectivity index (χ2v) is 3.50. The summed E-state index contributed by atoms with van der Waals surface area (Å²) < 4.78 is 12.5. The summed E-state index contributed by atoms with van der Waals surface area (Å²) in [7, 11) is 3.26. The van der Waals surface area contributed by atoms with Crippen molar-refractivity contribution in [3.05, 3.63) is 24.4 Å². The average Bonchev–Trinajstić information content (AvgIpc) is 2.72. The molecular formula is C12H15NO3. The number of methoxy groups -OCH3 is 2. The van der Waals surface area contributed by atoms with Gasteiger partial charge in [-0.25, -0.2) is 0 Å². The number of aromatic nitrogens is 1. The highest BCUT2D eigenvalue weighted by molar-refractivity contribution is 5.88. The molecule has 1 aromatic carbocycles. The van der Waals surface area contributed by atoms with Crippen LogP contribution in [-0.2, 0) is 6.54 Å². The van der Waals surface area contributed by atoms with Gasteiger partial charge < -0.3 is 19.1 Å². The number of hydrogen-bond acceptors (Lipinski definition) is 3. The Labute approximate surface area is 94.0 Å². The molecule has 0 saturated carbocycles. The van der Waals surface area contributed by atoms with Crippen molar-refractivity contribution < 1.29 is 14.6 Å². The van der Waals surface area contributed by atoms with Gasteiger partial charge in [-0.3, -0.25) is 0 Å². The van der Waals surface area contributed by atoms with Gasteiger partial charge in [-0.2, -0.15) is 0 Å². The lowest BCUT2D eigenvalue weighted by atomic mass is 10.2. The molecule has 0 spiro atoms. The Kier molecular flexibility index (Phi) is 3.01. The molecule has 2 rings (SSSR count).